The Kier molecular flexibility index (Phi) is 4.81. The summed E-state index contributed by atoms with van der Waals surface area (Å²) in [5.41, 5.74) is 2.20. The van der Waals surface area contributed by atoms with E-state index < -0.39 is 12.0 Å². The molecule has 21 heavy (non-hydrogen) atoms. The number of hydrogen-bond acceptors (Lipinski definition) is 4. The van der Waals surface area contributed by atoms with E-state index in [0.29, 0.717) is 12.2 Å². The SMILES string of the molecule is CCCC(C(=O)O)n1nnnc1/C=C/c1ccc(C)cc1. The average molecular weight is 286 g/mol. The normalized spacial score (nSPS) is 12.7. The van der Waals surface area contributed by atoms with Gasteiger partial charge in [-0.1, -0.05) is 49.2 Å². The standard InChI is InChI=1S/C15H18N4O2/c1-3-4-13(15(20)21)19-14(16-17-18-19)10-9-12-7-5-11(2)6-8-12/h5-10,13H,3-4H2,1-2H3,(H,20,21)/b10-9+. The van der Waals surface area contributed by atoms with Gasteiger partial charge in [0.1, 0.15) is 0 Å². The van der Waals surface area contributed by atoms with Crippen LogP contribution in [-0.4, -0.2) is 31.3 Å². The predicted molar refractivity (Wildman–Crippen MR) is 79.5 cm³/mol. The highest BCUT2D eigenvalue weighted by Crippen LogP contribution is 2.16. The van der Waals surface area contributed by atoms with Crippen LogP contribution in [0.5, 0.6) is 0 Å². The van der Waals surface area contributed by atoms with Crippen LogP contribution in [0.2, 0.25) is 0 Å². The number of carboxylic acid groups (broad SMARTS) is 1. The van der Waals surface area contributed by atoms with E-state index in [1.165, 1.54) is 10.2 Å². The number of hydrogen-bond donors (Lipinski definition) is 1. The molecule has 1 N–H and O–H groups in total. The third-order valence-corrected chi connectivity index (χ3v) is 3.16. The first-order valence-electron chi connectivity index (χ1n) is 6.87. The van der Waals surface area contributed by atoms with E-state index in [2.05, 4.69) is 15.5 Å². The van der Waals surface area contributed by atoms with Crippen molar-refractivity contribution >= 4 is 18.1 Å². The van der Waals surface area contributed by atoms with E-state index in [1.54, 1.807) is 6.08 Å². The topological polar surface area (TPSA) is 80.9 Å². The highest BCUT2D eigenvalue weighted by atomic mass is 16.4. The Morgan fingerprint density at radius 3 is 2.67 bits per heavy atom. The molecular weight excluding hydrogens is 268 g/mol. The van der Waals surface area contributed by atoms with Crippen molar-refractivity contribution in [2.45, 2.75) is 32.7 Å². The van der Waals surface area contributed by atoms with Gasteiger partial charge in [-0.05, 0) is 35.4 Å². The minimum atomic E-state index is -0.922. The van der Waals surface area contributed by atoms with Crippen LogP contribution in [0.15, 0.2) is 24.3 Å². The summed E-state index contributed by atoms with van der Waals surface area (Å²) in [6.45, 7) is 3.96. The van der Waals surface area contributed by atoms with Gasteiger partial charge < -0.3 is 5.11 Å². The van der Waals surface area contributed by atoms with Gasteiger partial charge in [0.15, 0.2) is 11.9 Å². The van der Waals surface area contributed by atoms with Crippen molar-refractivity contribution in [3.63, 3.8) is 0 Å². The van der Waals surface area contributed by atoms with Gasteiger partial charge in [0.2, 0.25) is 0 Å². The second-order valence-corrected chi connectivity index (χ2v) is 4.87. The molecule has 0 spiro atoms. The number of rotatable bonds is 6. The molecule has 6 heteroatoms. The van der Waals surface area contributed by atoms with Crippen molar-refractivity contribution in [3.8, 4) is 0 Å². The predicted octanol–water partition coefficient (Wildman–Crippen LogP) is 2.58. The van der Waals surface area contributed by atoms with Crippen molar-refractivity contribution in [2.24, 2.45) is 0 Å². The zero-order valence-corrected chi connectivity index (χ0v) is 12.1. The van der Waals surface area contributed by atoms with Crippen molar-refractivity contribution in [2.75, 3.05) is 0 Å². The zero-order chi connectivity index (χ0) is 15.2. The highest BCUT2D eigenvalue weighted by Gasteiger charge is 2.22. The molecule has 0 fully saturated rings. The second-order valence-electron chi connectivity index (χ2n) is 4.87. The maximum atomic E-state index is 11.3. The largest absolute Gasteiger partial charge is 0.480 e. The molecule has 0 aliphatic carbocycles. The van der Waals surface area contributed by atoms with Crippen molar-refractivity contribution in [1.29, 1.82) is 0 Å². The number of aromatic nitrogens is 4. The molecule has 1 atom stereocenters. The first-order chi connectivity index (χ1) is 10.1. The Labute approximate surface area is 123 Å². The third kappa shape index (κ3) is 3.75. The van der Waals surface area contributed by atoms with E-state index in [0.717, 1.165) is 12.0 Å². The lowest BCUT2D eigenvalue weighted by molar-refractivity contribution is -0.141. The Balaban J connectivity index is 2.23. The lowest BCUT2D eigenvalue weighted by atomic mass is 10.1. The molecule has 0 saturated carbocycles. The van der Waals surface area contributed by atoms with Crippen LogP contribution < -0.4 is 0 Å². The van der Waals surface area contributed by atoms with Crippen LogP contribution in [-0.2, 0) is 4.79 Å². The second kappa shape index (κ2) is 6.78. The van der Waals surface area contributed by atoms with Gasteiger partial charge in [0.25, 0.3) is 0 Å². The highest BCUT2D eigenvalue weighted by molar-refractivity contribution is 5.73. The molecule has 0 saturated heterocycles. The third-order valence-electron chi connectivity index (χ3n) is 3.16. The van der Waals surface area contributed by atoms with E-state index in [1.807, 2.05) is 44.2 Å². The fraction of sp³-hybridized carbons (Fsp3) is 0.333. The summed E-state index contributed by atoms with van der Waals surface area (Å²) >= 11 is 0. The fourth-order valence-electron chi connectivity index (χ4n) is 2.00. The summed E-state index contributed by atoms with van der Waals surface area (Å²) in [4.78, 5) is 11.3. The van der Waals surface area contributed by atoms with E-state index in [4.69, 9.17) is 0 Å². The molecule has 1 aromatic carbocycles. The molecular formula is C15H18N4O2. The number of benzene rings is 1. The molecule has 0 amide bonds. The molecule has 1 aromatic heterocycles. The molecule has 2 rings (SSSR count). The van der Waals surface area contributed by atoms with E-state index >= 15 is 0 Å². The van der Waals surface area contributed by atoms with Crippen LogP contribution in [0.25, 0.3) is 12.2 Å². The Bertz CT molecular complexity index is 631. The van der Waals surface area contributed by atoms with Crippen LogP contribution in [0.3, 0.4) is 0 Å². The van der Waals surface area contributed by atoms with Gasteiger partial charge in [0.05, 0.1) is 0 Å². The fourth-order valence-corrected chi connectivity index (χ4v) is 2.00. The van der Waals surface area contributed by atoms with Crippen LogP contribution in [0, 0.1) is 6.92 Å². The minimum absolute atomic E-state index is 0.441. The number of nitrogens with zero attached hydrogens (tertiary/aromatic N) is 4. The van der Waals surface area contributed by atoms with Crippen LogP contribution in [0.1, 0.15) is 42.8 Å². The molecule has 0 aliphatic rings. The van der Waals surface area contributed by atoms with E-state index in [-0.39, 0.29) is 0 Å². The number of aryl methyl sites for hydroxylation is 1. The van der Waals surface area contributed by atoms with Gasteiger partial charge in [0, 0.05) is 0 Å². The maximum Gasteiger partial charge on any atom is 0.328 e. The lowest BCUT2D eigenvalue weighted by Gasteiger charge is -2.11. The Hall–Kier alpha value is -2.50. The van der Waals surface area contributed by atoms with Crippen molar-refractivity contribution in [1.82, 2.24) is 20.2 Å². The molecule has 0 radical (unpaired) electrons. The number of aliphatic carboxylic acids is 1. The molecule has 0 bridgehead atoms. The summed E-state index contributed by atoms with van der Waals surface area (Å²) in [7, 11) is 0. The van der Waals surface area contributed by atoms with Gasteiger partial charge >= 0.3 is 5.97 Å². The van der Waals surface area contributed by atoms with E-state index in [9.17, 15) is 9.90 Å². The molecule has 1 unspecified atom stereocenters. The van der Waals surface area contributed by atoms with Gasteiger partial charge in [-0.2, -0.15) is 0 Å². The quantitative estimate of drug-likeness (QED) is 0.882. The van der Waals surface area contributed by atoms with Gasteiger partial charge in [-0.15, -0.1) is 5.10 Å². The first kappa shape index (κ1) is 14.9. The lowest BCUT2D eigenvalue weighted by Crippen LogP contribution is -2.21. The zero-order valence-electron chi connectivity index (χ0n) is 12.1. The molecule has 6 nitrogen and oxygen atoms in total. The minimum Gasteiger partial charge on any atom is -0.480 e. The smallest absolute Gasteiger partial charge is 0.328 e. The summed E-state index contributed by atoms with van der Waals surface area (Å²) in [5.74, 6) is -0.481. The van der Waals surface area contributed by atoms with Crippen molar-refractivity contribution in [3.05, 3.63) is 41.2 Å². The summed E-state index contributed by atoms with van der Waals surface area (Å²) in [5, 5.41) is 20.6. The molecule has 2 aromatic rings. The van der Waals surface area contributed by atoms with Crippen LogP contribution in [0.4, 0.5) is 0 Å². The van der Waals surface area contributed by atoms with Gasteiger partial charge in [-0.25, -0.2) is 9.48 Å². The molecule has 0 aliphatic heterocycles. The summed E-state index contributed by atoms with van der Waals surface area (Å²) < 4.78 is 1.36. The number of carbonyl (C=O) groups is 1. The first-order valence-corrected chi connectivity index (χ1v) is 6.87. The number of carboxylic acids is 1. The molecule has 1 heterocycles. The summed E-state index contributed by atoms with van der Waals surface area (Å²) in [6, 6.07) is 7.27. The monoisotopic (exact) mass is 286 g/mol. The maximum absolute atomic E-state index is 11.3. The summed E-state index contributed by atoms with van der Waals surface area (Å²) in [6.07, 6.45) is 4.84. The van der Waals surface area contributed by atoms with Crippen LogP contribution >= 0.6 is 0 Å². The van der Waals surface area contributed by atoms with Gasteiger partial charge in [-0.3, -0.25) is 0 Å². The molecule has 110 valence electrons. The van der Waals surface area contributed by atoms with Crippen molar-refractivity contribution < 1.29 is 9.90 Å². The average Bonchev–Trinajstić information content (AvgIpc) is 2.92. The Morgan fingerprint density at radius 1 is 1.33 bits per heavy atom. The Morgan fingerprint density at radius 2 is 2.05 bits per heavy atom. The number of tetrazole rings is 1.